The molecule has 0 fully saturated rings. The van der Waals surface area contributed by atoms with Gasteiger partial charge in [-0.25, -0.2) is 0 Å². The van der Waals surface area contributed by atoms with Crippen LogP contribution in [0.5, 0.6) is 23.0 Å². The van der Waals surface area contributed by atoms with Gasteiger partial charge in [0, 0.05) is 5.56 Å². The number of ether oxygens (including phenoxy) is 3. The minimum absolute atomic E-state index is 0.102. The molecule has 0 aliphatic heterocycles. The third-order valence-corrected chi connectivity index (χ3v) is 3.15. The smallest absolute Gasteiger partial charge is 0.165 e. The molecule has 0 radical (unpaired) electrons. The number of methoxy groups -OCH3 is 3. The molecule has 0 heterocycles. The molecule has 4 heteroatoms. The van der Waals surface area contributed by atoms with Crippen molar-refractivity contribution in [3.63, 3.8) is 0 Å². The van der Waals surface area contributed by atoms with Gasteiger partial charge < -0.3 is 19.3 Å². The highest BCUT2D eigenvalue weighted by atomic mass is 16.5. The summed E-state index contributed by atoms with van der Waals surface area (Å²) >= 11 is 0. The van der Waals surface area contributed by atoms with Crippen molar-refractivity contribution < 1.29 is 19.3 Å². The Morgan fingerprint density at radius 3 is 1.86 bits per heavy atom. The van der Waals surface area contributed by atoms with Crippen molar-refractivity contribution in [2.24, 2.45) is 0 Å². The lowest BCUT2D eigenvalue weighted by molar-refractivity contribution is 0.373. The van der Waals surface area contributed by atoms with Crippen LogP contribution < -0.4 is 14.2 Å². The first kappa shape index (κ1) is 14.8. The van der Waals surface area contributed by atoms with Gasteiger partial charge in [-0.05, 0) is 24.3 Å². The Morgan fingerprint density at radius 1 is 0.762 bits per heavy atom. The van der Waals surface area contributed by atoms with Crippen molar-refractivity contribution in [2.45, 2.75) is 0 Å². The zero-order valence-corrected chi connectivity index (χ0v) is 12.3. The zero-order valence-electron chi connectivity index (χ0n) is 12.3. The molecule has 21 heavy (non-hydrogen) atoms. The van der Waals surface area contributed by atoms with Crippen LogP contribution in [0.25, 0.3) is 12.2 Å². The lowest BCUT2D eigenvalue weighted by Crippen LogP contribution is -1.92. The average Bonchev–Trinajstić information content (AvgIpc) is 2.53. The molecule has 0 spiro atoms. The van der Waals surface area contributed by atoms with E-state index in [1.165, 1.54) is 7.11 Å². The topological polar surface area (TPSA) is 47.9 Å². The highest BCUT2D eigenvalue weighted by Crippen LogP contribution is 2.33. The SMILES string of the molecule is COc1cccc(C=Cc2c(OC)cccc2OC)c1O. The van der Waals surface area contributed by atoms with E-state index in [9.17, 15) is 5.11 Å². The van der Waals surface area contributed by atoms with Crippen LogP contribution in [0.4, 0.5) is 0 Å². The van der Waals surface area contributed by atoms with E-state index in [1.54, 1.807) is 32.4 Å². The predicted octanol–water partition coefficient (Wildman–Crippen LogP) is 3.59. The summed E-state index contributed by atoms with van der Waals surface area (Å²) in [4.78, 5) is 0. The van der Waals surface area contributed by atoms with Gasteiger partial charge in [-0.1, -0.05) is 24.3 Å². The van der Waals surface area contributed by atoms with E-state index >= 15 is 0 Å². The van der Waals surface area contributed by atoms with Crippen molar-refractivity contribution in [3.05, 3.63) is 47.5 Å². The number of phenols is 1. The summed E-state index contributed by atoms with van der Waals surface area (Å²) in [5.41, 5.74) is 1.46. The molecule has 0 unspecified atom stereocenters. The van der Waals surface area contributed by atoms with E-state index in [0.717, 1.165) is 5.56 Å². The van der Waals surface area contributed by atoms with Gasteiger partial charge in [0.25, 0.3) is 0 Å². The molecule has 1 N–H and O–H groups in total. The first-order valence-corrected chi connectivity index (χ1v) is 6.46. The van der Waals surface area contributed by atoms with Crippen molar-refractivity contribution >= 4 is 12.2 Å². The van der Waals surface area contributed by atoms with Crippen LogP contribution >= 0.6 is 0 Å². The largest absolute Gasteiger partial charge is 0.504 e. The molecule has 2 aromatic rings. The molecule has 4 nitrogen and oxygen atoms in total. The van der Waals surface area contributed by atoms with E-state index < -0.39 is 0 Å². The van der Waals surface area contributed by atoms with Crippen LogP contribution in [0, 0.1) is 0 Å². The zero-order chi connectivity index (χ0) is 15.2. The van der Waals surface area contributed by atoms with Gasteiger partial charge in [-0.2, -0.15) is 0 Å². The lowest BCUT2D eigenvalue weighted by atomic mass is 10.1. The molecule has 0 aromatic heterocycles. The minimum atomic E-state index is 0.102. The minimum Gasteiger partial charge on any atom is -0.504 e. The monoisotopic (exact) mass is 286 g/mol. The molecular weight excluding hydrogens is 268 g/mol. The molecule has 0 atom stereocenters. The van der Waals surface area contributed by atoms with Gasteiger partial charge in [0.2, 0.25) is 0 Å². The molecule has 110 valence electrons. The number of hydrogen-bond donors (Lipinski definition) is 1. The van der Waals surface area contributed by atoms with Gasteiger partial charge in [0.05, 0.1) is 26.9 Å². The Hall–Kier alpha value is -2.62. The molecule has 0 aliphatic carbocycles. The van der Waals surface area contributed by atoms with Crippen molar-refractivity contribution in [1.82, 2.24) is 0 Å². The van der Waals surface area contributed by atoms with Gasteiger partial charge in [-0.3, -0.25) is 0 Å². The number of aromatic hydroxyl groups is 1. The maximum atomic E-state index is 10.1. The van der Waals surface area contributed by atoms with E-state index in [1.807, 2.05) is 30.3 Å². The van der Waals surface area contributed by atoms with Crippen LogP contribution in [-0.2, 0) is 0 Å². The van der Waals surface area contributed by atoms with Gasteiger partial charge >= 0.3 is 0 Å². The van der Waals surface area contributed by atoms with E-state index in [0.29, 0.717) is 22.8 Å². The second-order valence-corrected chi connectivity index (χ2v) is 4.31. The quantitative estimate of drug-likeness (QED) is 0.853. The summed E-state index contributed by atoms with van der Waals surface area (Å²) < 4.78 is 15.8. The fourth-order valence-electron chi connectivity index (χ4n) is 2.06. The second-order valence-electron chi connectivity index (χ2n) is 4.31. The third kappa shape index (κ3) is 3.11. The van der Waals surface area contributed by atoms with E-state index in [-0.39, 0.29) is 5.75 Å². The van der Waals surface area contributed by atoms with Crippen LogP contribution in [0.2, 0.25) is 0 Å². The maximum absolute atomic E-state index is 10.1. The number of benzene rings is 2. The molecule has 2 aromatic carbocycles. The average molecular weight is 286 g/mol. The van der Waals surface area contributed by atoms with Crippen molar-refractivity contribution in [2.75, 3.05) is 21.3 Å². The Bertz CT molecular complexity index is 625. The molecule has 2 rings (SSSR count). The van der Waals surface area contributed by atoms with Crippen LogP contribution in [0.1, 0.15) is 11.1 Å². The Labute approximate surface area is 124 Å². The number of rotatable bonds is 5. The Morgan fingerprint density at radius 2 is 1.29 bits per heavy atom. The van der Waals surface area contributed by atoms with E-state index in [4.69, 9.17) is 14.2 Å². The van der Waals surface area contributed by atoms with Gasteiger partial charge in [-0.15, -0.1) is 0 Å². The van der Waals surface area contributed by atoms with Crippen molar-refractivity contribution in [1.29, 1.82) is 0 Å². The molecule has 0 bridgehead atoms. The summed E-state index contributed by atoms with van der Waals surface area (Å²) in [7, 11) is 4.73. The van der Waals surface area contributed by atoms with Crippen LogP contribution in [0.3, 0.4) is 0 Å². The molecule has 0 amide bonds. The molecule has 0 saturated heterocycles. The normalized spacial score (nSPS) is 10.6. The first-order chi connectivity index (χ1) is 10.2. The predicted molar refractivity (Wildman–Crippen MR) is 83.1 cm³/mol. The highest BCUT2D eigenvalue weighted by Gasteiger charge is 2.08. The summed E-state index contributed by atoms with van der Waals surface area (Å²) in [6, 6.07) is 10.9. The van der Waals surface area contributed by atoms with Crippen molar-refractivity contribution in [3.8, 4) is 23.0 Å². The fourth-order valence-corrected chi connectivity index (χ4v) is 2.06. The number of hydrogen-bond acceptors (Lipinski definition) is 4. The second kappa shape index (κ2) is 6.70. The van der Waals surface area contributed by atoms with Gasteiger partial charge in [0.15, 0.2) is 11.5 Å². The first-order valence-electron chi connectivity index (χ1n) is 6.46. The molecule has 0 aliphatic rings. The van der Waals surface area contributed by atoms with Crippen LogP contribution in [-0.4, -0.2) is 26.4 Å². The molecule has 0 saturated carbocycles. The highest BCUT2D eigenvalue weighted by molar-refractivity contribution is 5.78. The number of para-hydroxylation sites is 1. The summed E-state index contributed by atoms with van der Waals surface area (Å²) in [6.45, 7) is 0. The Balaban J connectivity index is 2.42. The molecular formula is C17H18O4. The lowest BCUT2D eigenvalue weighted by Gasteiger charge is -2.10. The maximum Gasteiger partial charge on any atom is 0.165 e. The standard InChI is InChI=1S/C17H18O4/c1-19-14-7-5-8-15(20-2)13(14)11-10-12-6-4-9-16(21-3)17(12)18/h4-11,18H,1-3H3. The van der Waals surface area contributed by atoms with Gasteiger partial charge in [0.1, 0.15) is 11.5 Å². The Kier molecular flexibility index (Phi) is 4.72. The summed E-state index contributed by atoms with van der Waals surface area (Å²) in [5.74, 6) is 1.94. The summed E-state index contributed by atoms with van der Waals surface area (Å²) in [5, 5.41) is 10.1. The third-order valence-electron chi connectivity index (χ3n) is 3.15. The van der Waals surface area contributed by atoms with E-state index in [2.05, 4.69) is 0 Å². The van der Waals surface area contributed by atoms with Crippen LogP contribution in [0.15, 0.2) is 36.4 Å². The summed E-state index contributed by atoms with van der Waals surface area (Å²) in [6.07, 6.45) is 3.63. The fraction of sp³-hybridized carbons (Fsp3) is 0.176. The number of phenolic OH excluding ortho intramolecular Hbond substituents is 1.